The quantitative estimate of drug-likeness (QED) is 0.301. The maximum atomic E-state index is 14.9. The van der Waals surface area contributed by atoms with Crippen molar-refractivity contribution in [2.24, 2.45) is 0 Å². The summed E-state index contributed by atoms with van der Waals surface area (Å²) in [6, 6.07) is 11.6. The van der Waals surface area contributed by atoms with Crippen molar-refractivity contribution in [2.75, 3.05) is 0 Å². The zero-order valence-electron chi connectivity index (χ0n) is 15.7. The van der Waals surface area contributed by atoms with E-state index in [1.807, 2.05) is 0 Å². The standard InChI is InChI=1S/C21H16F4N4S/c1-12(21(23,24)25)29-30-19-5-3-2-4-14(19)13-6-7-15(16(22)10-13)18-11-27-20-17(28-18)8-9-26-20/h2-12,29H,1H3,(H,26,27). The molecule has 0 saturated carbocycles. The van der Waals surface area contributed by atoms with E-state index in [9.17, 15) is 17.6 Å². The van der Waals surface area contributed by atoms with E-state index in [-0.39, 0.29) is 0 Å². The third kappa shape index (κ3) is 4.17. The number of hydrogen-bond donors (Lipinski definition) is 2. The Balaban J connectivity index is 1.63. The van der Waals surface area contributed by atoms with Gasteiger partial charge < -0.3 is 4.98 Å². The summed E-state index contributed by atoms with van der Waals surface area (Å²) in [7, 11) is 0. The second kappa shape index (κ2) is 8.08. The average Bonchev–Trinajstić information content (AvgIpc) is 3.19. The Labute approximate surface area is 173 Å². The van der Waals surface area contributed by atoms with Crippen LogP contribution in [-0.4, -0.2) is 27.2 Å². The maximum absolute atomic E-state index is 14.9. The van der Waals surface area contributed by atoms with E-state index >= 15 is 0 Å². The van der Waals surface area contributed by atoms with Crippen molar-refractivity contribution in [2.45, 2.75) is 24.0 Å². The Morgan fingerprint density at radius 2 is 1.87 bits per heavy atom. The van der Waals surface area contributed by atoms with Crippen LogP contribution in [0.25, 0.3) is 33.5 Å². The monoisotopic (exact) mass is 432 g/mol. The molecule has 0 amide bonds. The first-order chi connectivity index (χ1) is 14.3. The van der Waals surface area contributed by atoms with E-state index in [0.29, 0.717) is 38.4 Å². The molecule has 0 aliphatic rings. The molecule has 9 heteroatoms. The summed E-state index contributed by atoms with van der Waals surface area (Å²) in [5, 5.41) is 0. The zero-order valence-corrected chi connectivity index (χ0v) is 16.5. The summed E-state index contributed by atoms with van der Waals surface area (Å²) in [5.74, 6) is -0.492. The average molecular weight is 432 g/mol. The Bertz CT molecular complexity index is 1190. The Morgan fingerprint density at radius 1 is 1.07 bits per heavy atom. The molecule has 4 aromatic rings. The first kappa shape index (κ1) is 20.4. The summed E-state index contributed by atoms with van der Waals surface area (Å²) in [5.41, 5.74) is 3.11. The second-order valence-electron chi connectivity index (χ2n) is 6.64. The van der Waals surface area contributed by atoms with E-state index in [2.05, 4.69) is 19.7 Å². The van der Waals surface area contributed by atoms with Crippen molar-refractivity contribution < 1.29 is 17.6 Å². The normalized spacial score (nSPS) is 13.0. The van der Waals surface area contributed by atoms with Gasteiger partial charge in [0.2, 0.25) is 0 Å². The van der Waals surface area contributed by atoms with E-state index in [0.717, 1.165) is 18.9 Å². The molecule has 4 rings (SSSR count). The molecule has 2 heterocycles. The Hall–Kier alpha value is -2.91. The van der Waals surface area contributed by atoms with Crippen LogP contribution in [0.15, 0.2) is 65.8 Å². The molecule has 2 N–H and O–H groups in total. The van der Waals surface area contributed by atoms with Gasteiger partial charge in [-0.15, -0.1) is 0 Å². The van der Waals surface area contributed by atoms with Crippen molar-refractivity contribution in [3.8, 4) is 22.4 Å². The molecule has 0 bridgehead atoms. The molecule has 0 fully saturated rings. The van der Waals surface area contributed by atoms with Gasteiger partial charge in [-0.3, -0.25) is 0 Å². The first-order valence-corrected chi connectivity index (χ1v) is 9.83. The molecule has 4 nitrogen and oxygen atoms in total. The Morgan fingerprint density at radius 3 is 2.63 bits per heavy atom. The number of aromatic nitrogens is 3. The van der Waals surface area contributed by atoms with Gasteiger partial charge in [0.15, 0.2) is 5.65 Å². The lowest BCUT2D eigenvalue weighted by Gasteiger charge is -2.17. The van der Waals surface area contributed by atoms with Crippen molar-refractivity contribution in [1.82, 2.24) is 19.7 Å². The summed E-state index contributed by atoms with van der Waals surface area (Å²) in [4.78, 5) is 12.1. The van der Waals surface area contributed by atoms with Gasteiger partial charge in [0.25, 0.3) is 0 Å². The number of fused-ring (bicyclic) bond motifs is 1. The van der Waals surface area contributed by atoms with Crippen molar-refractivity contribution >= 4 is 23.1 Å². The number of aromatic amines is 1. The van der Waals surface area contributed by atoms with Gasteiger partial charge in [0, 0.05) is 16.7 Å². The molecule has 30 heavy (non-hydrogen) atoms. The molecule has 1 unspecified atom stereocenters. The molecule has 0 aliphatic carbocycles. The zero-order chi connectivity index (χ0) is 21.3. The lowest BCUT2D eigenvalue weighted by molar-refractivity contribution is -0.146. The van der Waals surface area contributed by atoms with Crippen LogP contribution in [0.4, 0.5) is 17.6 Å². The molecule has 1 atom stereocenters. The lowest BCUT2D eigenvalue weighted by Crippen LogP contribution is -2.35. The fourth-order valence-electron chi connectivity index (χ4n) is 2.86. The molecule has 0 aliphatic heterocycles. The van der Waals surface area contributed by atoms with Crippen LogP contribution in [0.2, 0.25) is 0 Å². The molecule has 0 spiro atoms. The number of H-pyrrole nitrogens is 1. The van der Waals surface area contributed by atoms with Crippen LogP contribution < -0.4 is 4.72 Å². The number of hydrogen-bond acceptors (Lipinski definition) is 4. The Kier molecular flexibility index (Phi) is 5.48. The number of nitrogens with one attached hydrogen (secondary N) is 2. The van der Waals surface area contributed by atoms with Gasteiger partial charge in [0.05, 0.1) is 11.9 Å². The highest BCUT2D eigenvalue weighted by molar-refractivity contribution is 7.97. The van der Waals surface area contributed by atoms with E-state index < -0.39 is 18.0 Å². The summed E-state index contributed by atoms with van der Waals surface area (Å²) in [6.45, 7) is 1.05. The fourth-order valence-corrected chi connectivity index (χ4v) is 3.74. The lowest BCUT2D eigenvalue weighted by atomic mass is 10.0. The van der Waals surface area contributed by atoms with Crippen LogP contribution in [0.5, 0.6) is 0 Å². The topological polar surface area (TPSA) is 53.6 Å². The maximum Gasteiger partial charge on any atom is 0.404 e. The van der Waals surface area contributed by atoms with E-state index in [1.54, 1.807) is 48.7 Å². The minimum atomic E-state index is -4.35. The predicted molar refractivity (Wildman–Crippen MR) is 109 cm³/mol. The number of rotatable bonds is 5. The molecule has 0 radical (unpaired) electrons. The SMILES string of the molecule is CC(NSc1ccccc1-c1ccc(-c2cnc3[nH]ccc3n2)c(F)c1)C(F)(F)F. The van der Waals surface area contributed by atoms with Gasteiger partial charge in [0.1, 0.15) is 17.4 Å². The highest BCUT2D eigenvalue weighted by Crippen LogP contribution is 2.34. The highest BCUT2D eigenvalue weighted by atomic mass is 32.2. The number of benzene rings is 2. The summed E-state index contributed by atoms with van der Waals surface area (Å²) in [6.07, 6.45) is -1.16. The van der Waals surface area contributed by atoms with Crippen LogP contribution in [-0.2, 0) is 0 Å². The smallest absolute Gasteiger partial charge is 0.345 e. The van der Waals surface area contributed by atoms with Crippen molar-refractivity contribution in [3.05, 3.63) is 66.7 Å². The third-order valence-electron chi connectivity index (χ3n) is 4.54. The summed E-state index contributed by atoms with van der Waals surface area (Å²) < 4.78 is 55.6. The molecule has 2 aromatic carbocycles. The van der Waals surface area contributed by atoms with Gasteiger partial charge >= 0.3 is 6.18 Å². The molecule has 2 aromatic heterocycles. The van der Waals surface area contributed by atoms with Crippen LogP contribution in [0, 0.1) is 5.82 Å². The van der Waals surface area contributed by atoms with E-state index in [1.165, 1.54) is 12.3 Å². The third-order valence-corrected chi connectivity index (χ3v) is 5.59. The van der Waals surface area contributed by atoms with Crippen LogP contribution in [0.3, 0.4) is 0 Å². The predicted octanol–water partition coefficient (Wildman–Crippen LogP) is 5.98. The van der Waals surface area contributed by atoms with Crippen molar-refractivity contribution in [3.63, 3.8) is 0 Å². The highest BCUT2D eigenvalue weighted by Gasteiger charge is 2.35. The molecule has 0 saturated heterocycles. The number of nitrogens with zero attached hydrogens (tertiary/aromatic N) is 2. The van der Waals surface area contributed by atoms with Gasteiger partial charge in [-0.05, 0) is 54.3 Å². The second-order valence-corrected chi connectivity index (χ2v) is 7.52. The van der Waals surface area contributed by atoms with Crippen LogP contribution >= 0.6 is 11.9 Å². The summed E-state index contributed by atoms with van der Waals surface area (Å²) >= 11 is 0.867. The van der Waals surface area contributed by atoms with Gasteiger partial charge in [-0.2, -0.15) is 13.2 Å². The first-order valence-electron chi connectivity index (χ1n) is 9.01. The number of alkyl halides is 3. The minimum absolute atomic E-state index is 0.295. The van der Waals surface area contributed by atoms with Gasteiger partial charge in [-0.1, -0.05) is 24.3 Å². The van der Waals surface area contributed by atoms with Crippen LogP contribution in [0.1, 0.15) is 6.92 Å². The van der Waals surface area contributed by atoms with Crippen molar-refractivity contribution in [1.29, 1.82) is 0 Å². The van der Waals surface area contributed by atoms with E-state index in [4.69, 9.17) is 0 Å². The minimum Gasteiger partial charge on any atom is -0.345 e. The van der Waals surface area contributed by atoms with Gasteiger partial charge in [-0.25, -0.2) is 19.1 Å². The molecule has 154 valence electrons. The molecular weight excluding hydrogens is 416 g/mol. The largest absolute Gasteiger partial charge is 0.404 e. The fraction of sp³-hybridized carbons (Fsp3) is 0.143. The number of halogens is 4. The molecular formula is C21H16F4N4S.